The highest BCUT2D eigenvalue weighted by atomic mass is 32.2. The Hall–Kier alpha value is -4.22. The number of likely N-dealkylation sites (tertiary alicyclic amines) is 1. The molecule has 1 fully saturated rings. The van der Waals surface area contributed by atoms with E-state index in [-0.39, 0.29) is 23.8 Å². The second kappa shape index (κ2) is 13.0. The van der Waals surface area contributed by atoms with E-state index >= 15 is 0 Å². The van der Waals surface area contributed by atoms with Gasteiger partial charge in [-0.15, -0.1) is 0 Å². The van der Waals surface area contributed by atoms with Crippen molar-refractivity contribution in [2.75, 3.05) is 6.54 Å². The molecular weight excluding hydrogens is 570 g/mol. The average molecular weight is 606 g/mol. The van der Waals surface area contributed by atoms with Crippen LogP contribution in [-0.4, -0.2) is 63.1 Å². The van der Waals surface area contributed by atoms with Gasteiger partial charge >= 0.3 is 5.97 Å². The highest BCUT2D eigenvalue weighted by molar-refractivity contribution is 7.86. The molecule has 1 aromatic heterocycles. The van der Waals surface area contributed by atoms with Gasteiger partial charge in [0.1, 0.15) is 28.8 Å². The molecule has 43 heavy (non-hydrogen) atoms. The third-order valence-electron chi connectivity index (χ3n) is 7.88. The largest absolute Gasteiger partial charge is 0.488 e. The van der Waals surface area contributed by atoms with Crippen LogP contribution in [0.25, 0.3) is 22.2 Å². The first-order valence-corrected chi connectivity index (χ1v) is 15.9. The van der Waals surface area contributed by atoms with Gasteiger partial charge in [0.15, 0.2) is 0 Å². The summed E-state index contributed by atoms with van der Waals surface area (Å²) >= 11 is 0. The highest BCUT2D eigenvalue weighted by Gasteiger charge is 2.43. The first kappa shape index (κ1) is 30.2. The molecule has 0 radical (unpaired) electrons. The number of benzene rings is 3. The maximum atomic E-state index is 14.2. The van der Waals surface area contributed by atoms with E-state index < -0.39 is 34.3 Å². The van der Waals surface area contributed by atoms with Gasteiger partial charge in [0.2, 0.25) is 5.91 Å². The van der Waals surface area contributed by atoms with Crippen LogP contribution in [0.2, 0.25) is 0 Å². The maximum Gasteiger partial charge on any atom is 0.326 e. The number of fused-ring (bicyclic) bond motifs is 1. The molecule has 2 N–H and O–H groups in total. The van der Waals surface area contributed by atoms with Crippen molar-refractivity contribution in [1.29, 1.82) is 0 Å². The van der Waals surface area contributed by atoms with Crippen LogP contribution in [0.15, 0.2) is 84.0 Å². The molecule has 1 aliphatic heterocycles. The van der Waals surface area contributed by atoms with E-state index in [0.29, 0.717) is 34.3 Å². The first-order chi connectivity index (χ1) is 20.7. The number of nitrogens with zero attached hydrogens (tertiary/aromatic N) is 3. The summed E-state index contributed by atoms with van der Waals surface area (Å²) in [4.78, 5) is 32.2. The summed E-state index contributed by atoms with van der Waals surface area (Å²) in [5.41, 5.74) is 2.07. The molecule has 2 unspecified atom stereocenters. The number of unbranched alkanes of at least 4 members (excludes halogenated alkanes) is 3. The number of carboxylic acids is 1. The van der Waals surface area contributed by atoms with Crippen LogP contribution in [0.1, 0.15) is 51.5 Å². The van der Waals surface area contributed by atoms with Crippen LogP contribution in [0.3, 0.4) is 0 Å². The Bertz CT molecular complexity index is 1700. The van der Waals surface area contributed by atoms with Gasteiger partial charge in [0, 0.05) is 12.0 Å². The van der Waals surface area contributed by atoms with Crippen LogP contribution in [-0.2, 0) is 19.7 Å². The quantitative estimate of drug-likeness (QED) is 0.157. The van der Waals surface area contributed by atoms with Crippen LogP contribution < -0.4 is 4.74 Å². The van der Waals surface area contributed by atoms with Crippen LogP contribution in [0.5, 0.6) is 5.75 Å². The number of amides is 1. The van der Waals surface area contributed by atoms with Crippen molar-refractivity contribution in [3.8, 4) is 16.9 Å². The molecule has 0 aliphatic carbocycles. The van der Waals surface area contributed by atoms with Gasteiger partial charge in [-0.2, -0.15) is 8.42 Å². The fourth-order valence-electron chi connectivity index (χ4n) is 5.77. The second-order valence-electron chi connectivity index (χ2n) is 10.8. The molecule has 1 aliphatic rings. The zero-order chi connectivity index (χ0) is 30.6. The molecule has 3 atom stereocenters. The van der Waals surface area contributed by atoms with E-state index in [1.54, 1.807) is 53.4 Å². The Labute approximate surface area is 250 Å². The van der Waals surface area contributed by atoms with Gasteiger partial charge in [0.05, 0.1) is 23.9 Å². The molecular formula is C32H35N3O7S. The number of carbonyl (C=O) groups excluding carboxylic acids is 1. The number of carboxylic acid groups (broad SMARTS) is 1. The minimum absolute atomic E-state index is 0.152. The fourth-order valence-corrected chi connectivity index (χ4v) is 6.48. The van der Waals surface area contributed by atoms with Crippen molar-refractivity contribution in [2.24, 2.45) is 0 Å². The summed E-state index contributed by atoms with van der Waals surface area (Å²) in [6, 6.07) is 18.8. The SMILES string of the molecule is CCCCCCC(C(=O)N1CC(Oc2ccccc2)C[C@H]1C(=O)O)n1cnc2cc(-c3ccccc3S(=O)(=O)O)ccc21. The normalized spacial score (nSPS) is 17.7. The van der Waals surface area contributed by atoms with E-state index in [9.17, 15) is 27.7 Å². The van der Waals surface area contributed by atoms with Crippen LogP contribution >= 0.6 is 0 Å². The highest BCUT2D eigenvalue weighted by Crippen LogP contribution is 2.33. The Balaban J connectivity index is 1.47. The smallest absolute Gasteiger partial charge is 0.326 e. The summed E-state index contributed by atoms with van der Waals surface area (Å²) in [5.74, 6) is -0.757. The first-order valence-electron chi connectivity index (χ1n) is 14.5. The van der Waals surface area contributed by atoms with Crippen molar-refractivity contribution in [1.82, 2.24) is 14.5 Å². The number of aliphatic carboxylic acids is 1. The minimum atomic E-state index is -4.45. The maximum absolute atomic E-state index is 14.2. The lowest BCUT2D eigenvalue weighted by Crippen LogP contribution is -2.44. The van der Waals surface area contributed by atoms with Gasteiger partial charge in [-0.3, -0.25) is 9.35 Å². The number of rotatable bonds is 12. The van der Waals surface area contributed by atoms with Crippen molar-refractivity contribution in [3.63, 3.8) is 0 Å². The molecule has 3 aromatic carbocycles. The minimum Gasteiger partial charge on any atom is -0.488 e. The lowest BCUT2D eigenvalue weighted by molar-refractivity contribution is -0.149. The molecule has 4 aromatic rings. The number of aromatic nitrogens is 2. The molecule has 1 amide bonds. The molecule has 2 heterocycles. The number of ether oxygens (including phenoxy) is 1. The number of carbonyl (C=O) groups is 2. The molecule has 5 rings (SSSR count). The third-order valence-corrected chi connectivity index (χ3v) is 8.79. The molecule has 10 nitrogen and oxygen atoms in total. The van der Waals surface area contributed by atoms with Gasteiger partial charge < -0.3 is 19.3 Å². The Morgan fingerprint density at radius 2 is 1.77 bits per heavy atom. The molecule has 0 saturated carbocycles. The van der Waals surface area contributed by atoms with Crippen molar-refractivity contribution in [3.05, 3.63) is 79.1 Å². The van der Waals surface area contributed by atoms with Crippen molar-refractivity contribution < 1.29 is 32.4 Å². The second-order valence-corrected chi connectivity index (χ2v) is 12.2. The predicted molar refractivity (Wildman–Crippen MR) is 161 cm³/mol. The van der Waals surface area contributed by atoms with E-state index in [0.717, 1.165) is 25.7 Å². The summed E-state index contributed by atoms with van der Waals surface area (Å²) < 4.78 is 41.5. The van der Waals surface area contributed by atoms with Crippen LogP contribution in [0, 0.1) is 0 Å². The number of imidazole rings is 1. The number of para-hydroxylation sites is 1. The summed E-state index contributed by atoms with van der Waals surface area (Å²) in [6.07, 6.45) is 5.57. The van der Waals surface area contributed by atoms with E-state index in [1.165, 1.54) is 17.0 Å². The summed E-state index contributed by atoms with van der Waals surface area (Å²) in [5, 5.41) is 10.0. The number of hydrogen-bond acceptors (Lipinski definition) is 6. The predicted octanol–water partition coefficient (Wildman–Crippen LogP) is 5.59. The molecule has 1 saturated heterocycles. The van der Waals surface area contributed by atoms with Crippen LogP contribution in [0.4, 0.5) is 0 Å². The molecule has 226 valence electrons. The topological polar surface area (TPSA) is 139 Å². The van der Waals surface area contributed by atoms with Gasteiger partial charge in [-0.25, -0.2) is 9.78 Å². The Morgan fingerprint density at radius 1 is 1.02 bits per heavy atom. The van der Waals surface area contributed by atoms with Crippen molar-refractivity contribution >= 4 is 33.0 Å². The van der Waals surface area contributed by atoms with Gasteiger partial charge in [0.25, 0.3) is 10.1 Å². The third kappa shape index (κ3) is 6.73. The molecule has 11 heteroatoms. The van der Waals surface area contributed by atoms with Gasteiger partial charge in [-0.05, 0) is 42.3 Å². The lowest BCUT2D eigenvalue weighted by atomic mass is 10.0. The average Bonchev–Trinajstić information content (AvgIpc) is 3.61. The van der Waals surface area contributed by atoms with E-state index in [1.807, 2.05) is 18.2 Å². The molecule has 0 bridgehead atoms. The van der Waals surface area contributed by atoms with E-state index in [4.69, 9.17) is 4.74 Å². The van der Waals surface area contributed by atoms with Gasteiger partial charge in [-0.1, -0.05) is 75.1 Å². The monoisotopic (exact) mass is 605 g/mol. The molecule has 0 spiro atoms. The summed E-state index contributed by atoms with van der Waals surface area (Å²) in [6.45, 7) is 2.26. The summed E-state index contributed by atoms with van der Waals surface area (Å²) in [7, 11) is -4.45. The standard InChI is InChI=1S/C32H35N3O7S/c1-2-3-4-8-14-28(31(36)34-20-24(19-29(34)32(37)38)42-23-11-6-5-7-12-23)35-21-33-26-18-22(16-17-27(26)35)25-13-9-10-15-30(25)43(39,40)41/h5-7,9-13,15-18,21,24,28-29H,2-4,8,14,19-20H2,1H3,(H,37,38)(H,39,40,41)/t24?,28?,29-/m0/s1. The zero-order valence-corrected chi connectivity index (χ0v) is 24.7. The van der Waals surface area contributed by atoms with Crippen molar-refractivity contribution in [2.45, 2.75) is 68.5 Å². The Kier molecular flexibility index (Phi) is 9.12. The number of hydrogen-bond donors (Lipinski definition) is 2. The fraction of sp³-hybridized carbons (Fsp3) is 0.344. The zero-order valence-electron chi connectivity index (χ0n) is 23.9. The Morgan fingerprint density at radius 3 is 2.49 bits per heavy atom. The lowest BCUT2D eigenvalue weighted by Gasteiger charge is -2.28. The van der Waals surface area contributed by atoms with E-state index in [2.05, 4.69) is 11.9 Å².